The molecule has 0 spiro atoms. The number of imidazole rings is 1. The van der Waals surface area contributed by atoms with Crippen molar-refractivity contribution >= 4 is 11.8 Å². The van der Waals surface area contributed by atoms with E-state index in [4.69, 9.17) is 4.74 Å². The van der Waals surface area contributed by atoms with E-state index in [1.165, 1.54) is 43.0 Å². The molecule has 17 heavy (non-hydrogen) atoms. The molecule has 0 unspecified atom stereocenters. The van der Waals surface area contributed by atoms with E-state index in [0.29, 0.717) is 0 Å². The Bertz CT molecular complexity index is 533. The smallest absolute Gasteiger partial charge is 0.410 e. The standard InChI is InChI=1S/C10H7N3O4/c14-10(12-6-5-11-7-12)17-9-3-1-8(2-4-9)13(15)16/h1-7H. The quantitative estimate of drug-likeness (QED) is 0.583. The van der Waals surface area contributed by atoms with Crippen LogP contribution in [0.15, 0.2) is 43.0 Å². The summed E-state index contributed by atoms with van der Waals surface area (Å²) in [6, 6.07) is 5.23. The lowest BCUT2D eigenvalue weighted by Gasteiger charge is -2.03. The van der Waals surface area contributed by atoms with E-state index in [0.717, 1.165) is 4.57 Å². The molecule has 0 amide bonds. The fourth-order valence-corrected chi connectivity index (χ4v) is 1.16. The van der Waals surface area contributed by atoms with Crippen molar-refractivity contribution in [2.75, 3.05) is 0 Å². The van der Waals surface area contributed by atoms with Crippen LogP contribution in [0.5, 0.6) is 5.75 Å². The maximum Gasteiger partial charge on any atom is 0.424 e. The highest BCUT2D eigenvalue weighted by Crippen LogP contribution is 2.17. The third kappa shape index (κ3) is 2.46. The maximum absolute atomic E-state index is 11.5. The predicted molar refractivity (Wildman–Crippen MR) is 56.7 cm³/mol. The zero-order valence-electron chi connectivity index (χ0n) is 8.52. The number of nitro groups is 1. The molecular formula is C10H7N3O4. The van der Waals surface area contributed by atoms with Crippen molar-refractivity contribution in [3.63, 3.8) is 0 Å². The normalized spacial score (nSPS) is 9.88. The Morgan fingerprint density at radius 2 is 2.06 bits per heavy atom. The molecule has 1 heterocycles. The van der Waals surface area contributed by atoms with E-state index >= 15 is 0 Å². The summed E-state index contributed by atoms with van der Waals surface area (Å²) >= 11 is 0. The Morgan fingerprint density at radius 3 is 2.59 bits per heavy atom. The van der Waals surface area contributed by atoms with E-state index in [2.05, 4.69) is 4.98 Å². The molecule has 7 heteroatoms. The number of ether oxygens (including phenoxy) is 1. The molecule has 2 aromatic rings. The molecule has 0 atom stereocenters. The zero-order valence-corrected chi connectivity index (χ0v) is 8.52. The lowest BCUT2D eigenvalue weighted by atomic mass is 10.3. The van der Waals surface area contributed by atoms with Gasteiger partial charge in [0.25, 0.3) is 5.69 Å². The Labute approximate surface area is 95.4 Å². The van der Waals surface area contributed by atoms with Crippen LogP contribution in [0, 0.1) is 10.1 Å². The molecule has 7 nitrogen and oxygen atoms in total. The molecule has 1 aromatic heterocycles. The molecule has 0 bridgehead atoms. The molecule has 0 saturated heterocycles. The molecule has 0 radical (unpaired) electrons. The van der Waals surface area contributed by atoms with Crippen molar-refractivity contribution < 1.29 is 14.5 Å². The molecule has 0 saturated carbocycles. The molecule has 0 N–H and O–H groups in total. The summed E-state index contributed by atoms with van der Waals surface area (Å²) in [5, 5.41) is 10.4. The molecule has 0 aliphatic heterocycles. The minimum atomic E-state index is -0.628. The maximum atomic E-state index is 11.5. The lowest BCUT2D eigenvalue weighted by Crippen LogP contribution is -2.14. The van der Waals surface area contributed by atoms with Crippen molar-refractivity contribution in [2.45, 2.75) is 0 Å². The van der Waals surface area contributed by atoms with Crippen LogP contribution in [0.3, 0.4) is 0 Å². The molecule has 1 aromatic carbocycles. The third-order valence-electron chi connectivity index (χ3n) is 1.97. The van der Waals surface area contributed by atoms with Gasteiger partial charge in [-0.3, -0.25) is 10.1 Å². The van der Waals surface area contributed by atoms with Crippen LogP contribution in [0.2, 0.25) is 0 Å². The molecule has 0 fully saturated rings. The highest BCUT2D eigenvalue weighted by atomic mass is 16.6. The number of carbonyl (C=O) groups is 1. The van der Waals surface area contributed by atoms with Gasteiger partial charge in [-0.2, -0.15) is 0 Å². The van der Waals surface area contributed by atoms with E-state index < -0.39 is 11.0 Å². The van der Waals surface area contributed by atoms with Gasteiger partial charge in [0.1, 0.15) is 12.1 Å². The molecule has 0 aliphatic carbocycles. The minimum absolute atomic E-state index is 0.0626. The van der Waals surface area contributed by atoms with Gasteiger partial charge >= 0.3 is 6.09 Å². The van der Waals surface area contributed by atoms with Crippen LogP contribution in [-0.2, 0) is 0 Å². The summed E-state index contributed by atoms with van der Waals surface area (Å²) in [5.41, 5.74) is -0.0626. The Hall–Kier alpha value is -2.70. The van der Waals surface area contributed by atoms with Crippen LogP contribution in [0.4, 0.5) is 10.5 Å². The zero-order chi connectivity index (χ0) is 12.3. The van der Waals surface area contributed by atoms with Crippen LogP contribution >= 0.6 is 0 Å². The monoisotopic (exact) mass is 233 g/mol. The summed E-state index contributed by atoms with van der Waals surface area (Å²) in [6.45, 7) is 0. The first-order chi connectivity index (χ1) is 8.16. The van der Waals surface area contributed by atoms with Gasteiger partial charge in [-0.25, -0.2) is 14.3 Å². The van der Waals surface area contributed by atoms with Gasteiger partial charge < -0.3 is 4.74 Å². The first kappa shape index (κ1) is 10.8. The second kappa shape index (κ2) is 4.44. The van der Waals surface area contributed by atoms with Crippen molar-refractivity contribution in [1.82, 2.24) is 9.55 Å². The number of nitro benzene ring substituents is 1. The average molecular weight is 233 g/mol. The largest absolute Gasteiger partial charge is 0.424 e. The predicted octanol–water partition coefficient (Wildman–Crippen LogP) is 1.84. The highest BCUT2D eigenvalue weighted by molar-refractivity contribution is 5.72. The second-order valence-corrected chi connectivity index (χ2v) is 3.09. The van der Waals surface area contributed by atoms with Gasteiger partial charge in [-0.15, -0.1) is 0 Å². The molecule has 86 valence electrons. The molecule has 0 aliphatic rings. The minimum Gasteiger partial charge on any atom is -0.410 e. The summed E-state index contributed by atoms with van der Waals surface area (Å²) in [6.07, 6.45) is 3.55. The van der Waals surface area contributed by atoms with Crippen molar-refractivity contribution in [1.29, 1.82) is 0 Å². The van der Waals surface area contributed by atoms with Crippen molar-refractivity contribution in [3.05, 3.63) is 53.1 Å². The number of non-ortho nitro benzene ring substituents is 1. The van der Waals surface area contributed by atoms with Crippen LogP contribution in [-0.4, -0.2) is 20.6 Å². The topological polar surface area (TPSA) is 87.3 Å². The van der Waals surface area contributed by atoms with Crippen LogP contribution < -0.4 is 4.74 Å². The summed E-state index contributed by atoms with van der Waals surface area (Å²) in [4.78, 5) is 25.0. The summed E-state index contributed by atoms with van der Waals surface area (Å²) in [5.74, 6) is 0.231. The number of hydrogen-bond donors (Lipinski definition) is 0. The SMILES string of the molecule is O=C(Oc1ccc([N+](=O)[O-])cc1)n1ccnc1. The highest BCUT2D eigenvalue weighted by Gasteiger charge is 2.09. The number of hydrogen-bond acceptors (Lipinski definition) is 5. The van der Waals surface area contributed by atoms with Crippen LogP contribution in [0.25, 0.3) is 0 Å². The second-order valence-electron chi connectivity index (χ2n) is 3.09. The number of benzene rings is 1. The van der Waals surface area contributed by atoms with E-state index in [9.17, 15) is 14.9 Å². The Morgan fingerprint density at radius 1 is 1.35 bits per heavy atom. The van der Waals surface area contributed by atoms with Gasteiger partial charge in [0.15, 0.2) is 0 Å². The van der Waals surface area contributed by atoms with E-state index in [1.807, 2.05) is 0 Å². The van der Waals surface area contributed by atoms with E-state index in [-0.39, 0.29) is 11.4 Å². The first-order valence-corrected chi connectivity index (χ1v) is 4.61. The first-order valence-electron chi connectivity index (χ1n) is 4.61. The van der Waals surface area contributed by atoms with Crippen molar-refractivity contribution in [2.24, 2.45) is 0 Å². The number of carbonyl (C=O) groups excluding carboxylic acids is 1. The fraction of sp³-hybridized carbons (Fsp3) is 0. The van der Waals surface area contributed by atoms with Crippen molar-refractivity contribution in [3.8, 4) is 5.75 Å². The number of aromatic nitrogens is 2. The summed E-state index contributed by atoms with van der Waals surface area (Å²) in [7, 11) is 0. The van der Waals surface area contributed by atoms with Gasteiger partial charge in [0.05, 0.1) is 4.92 Å². The van der Waals surface area contributed by atoms with Crippen LogP contribution in [0.1, 0.15) is 0 Å². The van der Waals surface area contributed by atoms with Gasteiger partial charge in [-0.1, -0.05) is 0 Å². The fourth-order valence-electron chi connectivity index (χ4n) is 1.16. The number of nitrogens with zero attached hydrogens (tertiary/aromatic N) is 3. The van der Waals surface area contributed by atoms with Gasteiger partial charge in [0, 0.05) is 24.5 Å². The lowest BCUT2D eigenvalue weighted by molar-refractivity contribution is -0.384. The Balaban J connectivity index is 2.09. The summed E-state index contributed by atoms with van der Waals surface area (Å²) < 4.78 is 6.11. The third-order valence-corrected chi connectivity index (χ3v) is 1.97. The molecule has 2 rings (SSSR count). The average Bonchev–Trinajstić information content (AvgIpc) is 2.83. The van der Waals surface area contributed by atoms with Gasteiger partial charge in [0.2, 0.25) is 0 Å². The Kier molecular flexibility index (Phi) is 2.82. The van der Waals surface area contributed by atoms with Gasteiger partial charge in [-0.05, 0) is 12.1 Å². The molecular weight excluding hydrogens is 226 g/mol. The van der Waals surface area contributed by atoms with E-state index in [1.54, 1.807) is 0 Å². The number of rotatable bonds is 2.